The van der Waals surface area contributed by atoms with Gasteiger partial charge in [-0.1, -0.05) is 29.6 Å². The summed E-state index contributed by atoms with van der Waals surface area (Å²) in [6, 6.07) is 6.52. The number of amides is 2. The van der Waals surface area contributed by atoms with Crippen LogP contribution in [0.2, 0.25) is 10.0 Å². The minimum Gasteiger partial charge on any atom is -0.354 e. The summed E-state index contributed by atoms with van der Waals surface area (Å²) in [5, 5.41) is 14.8. The number of hydrogen-bond donors (Lipinski definition) is 2. The fourth-order valence-corrected chi connectivity index (χ4v) is 3.07. The van der Waals surface area contributed by atoms with Gasteiger partial charge < -0.3 is 10.6 Å². The van der Waals surface area contributed by atoms with Crippen LogP contribution < -0.4 is 10.6 Å². The van der Waals surface area contributed by atoms with Crippen molar-refractivity contribution in [3.05, 3.63) is 28.2 Å². The van der Waals surface area contributed by atoms with Crippen molar-refractivity contribution in [2.45, 2.75) is 31.7 Å². The van der Waals surface area contributed by atoms with Gasteiger partial charge in [-0.15, -0.1) is 0 Å². The fourth-order valence-electron chi connectivity index (χ4n) is 2.77. The predicted octanol–water partition coefficient (Wildman–Crippen LogP) is 2.82. The molecule has 1 aliphatic heterocycles. The van der Waals surface area contributed by atoms with E-state index in [0.29, 0.717) is 35.2 Å². The number of nitrogens with one attached hydrogen (secondary N) is 2. The zero-order valence-corrected chi connectivity index (χ0v) is 15.2. The molecule has 1 saturated heterocycles. The molecule has 1 heterocycles. The monoisotopic (exact) mass is 382 g/mol. The van der Waals surface area contributed by atoms with E-state index in [2.05, 4.69) is 10.6 Å². The number of nitrogens with zero attached hydrogens (tertiary/aromatic N) is 2. The minimum atomic E-state index is -0.370. The van der Waals surface area contributed by atoms with Gasteiger partial charge in [0.25, 0.3) is 0 Å². The molecule has 134 valence electrons. The summed E-state index contributed by atoms with van der Waals surface area (Å²) >= 11 is 11.9. The van der Waals surface area contributed by atoms with Gasteiger partial charge in [-0.2, -0.15) is 5.26 Å². The minimum absolute atomic E-state index is 0.144. The molecule has 25 heavy (non-hydrogen) atoms. The maximum absolute atomic E-state index is 12.6. The molecule has 1 aromatic rings. The van der Waals surface area contributed by atoms with E-state index >= 15 is 0 Å². The lowest BCUT2D eigenvalue weighted by molar-refractivity contribution is -0.127. The summed E-state index contributed by atoms with van der Waals surface area (Å²) in [6.45, 7) is 1.15. The van der Waals surface area contributed by atoms with Crippen LogP contribution in [0.4, 0.5) is 5.69 Å². The van der Waals surface area contributed by atoms with E-state index in [4.69, 9.17) is 28.5 Å². The van der Waals surface area contributed by atoms with Gasteiger partial charge in [0.2, 0.25) is 11.8 Å². The lowest BCUT2D eigenvalue weighted by Gasteiger charge is -2.34. The largest absolute Gasteiger partial charge is 0.354 e. The van der Waals surface area contributed by atoms with Gasteiger partial charge in [-0.3, -0.25) is 14.5 Å². The number of anilines is 1. The Morgan fingerprint density at radius 1 is 1.28 bits per heavy atom. The third-order valence-corrected chi connectivity index (χ3v) is 4.75. The van der Waals surface area contributed by atoms with E-state index in [1.54, 1.807) is 18.2 Å². The fraction of sp³-hybridized carbons (Fsp3) is 0.471. The van der Waals surface area contributed by atoms with Crippen molar-refractivity contribution in [1.29, 1.82) is 5.26 Å². The van der Waals surface area contributed by atoms with Crippen LogP contribution in [0.15, 0.2) is 18.2 Å². The Morgan fingerprint density at radius 3 is 2.80 bits per heavy atom. The number of rotatable bonds is 6. The molecule has 1 atom stereocenters. The van der Waals surface area contributed by atoms with E-state index < -0.39 is 0 Å². The quantitative estimate of drug-likeness (QED) is 0.740. The van der Waals surface area contributed by atoms with Crippen molar-refractivity contribution in [1.82, 2.24) is 10.2 Å². The first-order valence-corrected chi connectivity index (χ1v) is 8.90. The van der Waals surface area contributed by atoms with Crippen molar-refractivity contribution in [3.8, 4) is 6.07 Å². The average Bonchev–Trinajstić information content (AvgIpc) is 2.59. The van der Waals surface area contributed by atoms with E-state index in [-0.39, 0.29) is 30.8 Å². The van der Waals surface area contributed by atoms with E-state index in [1.807, 2.05) is 11.0 Å². The van der Waals surface area contributed by atoms with Crippen LogP contribution >= 0.6 is 23.2 Å². The maximum atomic E-state index is 12.6. The first-order chi connectivity index (χ1) is 12.0. The molecule has 8 heteroatoms. The number of piperidine rings is 1. The number of carbonyl (C=O) groups is 2. The predicted molar refractivity (Wildman–Crippen MR) is 97.5 cm³/mol. The molecule has 0 saturated carbocycles. The molecule has 2 amide bonds. The number of hydrogen-bond acceptors (Lipinski definition) is 4. The van der Waals surface area contributed by atoms with Crippen molar-refractivity contribution >= 4 is 40.7 Å². The summed E-state index contributed by atoms with van der Waals surface area (Å²) in [5.41, 5.74) is 0.573. The Morgan fingerprint density at radius 2 is 2.08 bits per heavy atom. The molecule has 0 spiro atoms. The SMILES string of the molecule is N#CCCNC(=O)CN1CCCCC1C(=O)Nc1ccc(Cl)c(Cl)c1. The van der Waals surface area contributed by atoms with Crippen LogP contribution in [0.5, 0.6) is 0 Å². The molecule has 1 aromatic carbocycles. The zero-order valence-electron chi connectivity index (χ0n) is 13.7. The van der Waals surface area contributed by atoms with Crippen LogP contribution in [-0.4, -0.2) is 42.4 Å². The number of likely N-dealkylation sites (tertiary alicyclic amines) is 1. The Bertz CT molecular complexity index is 675. The van der Waals surface area contributed by atoms with Gasteiger partial charge in [0, 0.05) is 12.2 Å². The van der Waals surface area contributed by atoms with Crippen molar-refractivity contribution in [2.24, 2.45) is 0 Å². The molecule has 1 aliphatic rings. The Hall–Kier alpha value is -1.81. The van der Waals surface area contributed by atoms with Crippen LogP contribution in [0.1, 0.15) is 25.7 Å². The number of nitriles is 1. The first-order valence-electron chi connectivity index (χ1n) is 8.15. The van der Waals surface area contributed by atoms with Crippen LogP contribution in [0.3, 0.4) is 0 Å². The normalized spacial score (nSPS) is 17.6. The number of benzene rings is 1. The third kappa shape index (κ3) is 5.89. The van der Waals surface area contributed by atoms with E-state index in [1.165, 1.54) is 0 Å². The standard InChI is InChI=1S/C17H20Cl2N4O2/c18-13-6-5-12(10-14(13)19)22-17(25)15-4-1-2-9-23(15)11-16(24)21-8-3-7-20/h5-6,10,15H,1-4,8-9,11H2,(H,21,24)(H,22,25). The maximum Gasteiger partial charge on any atom is 0.241 e. The second kappa shape index (κ2) is 9.62. The van der Waals surface area contributed by atoms with Gasteiger partial charge in [-0.05, 0) is 37.6 Å². The summed E-state index contributed by atoms with van der Waals surface area (Å²) in [6.07, 6.45) is 2.85. The van der Waals surface area contributed by atoms with Gasteiger partial charge in [0.15, 0.2) is 0 Å². The average molecular weight is 383 g/mol. The molecule has 0 radical (unpaired) electrons. The lowest BCUT2D eigenvalue weighted by Crippen LogP contribution is -2.50. The van der Waals surface area contributed by atoms with E-state index in [9.17, 15) is 9.59 Å². The van der Waals surface area contributed by atoms with Gasteiger partial charge >= 0.3 is 0 Å². The second-order valence-corrected chi connectivity index (χ2v) is 6.67. The number of carbonyl (C=O) groups excluding carboxylic acids is 2. The van der Waals surface area contributed by atoms with Crippen LogP contribution in [0, 0.1) is 11.3 Å². The highest BCUT2D eigenvalue weighted by Crippen LogP contribution is 2.26. The second-order valence-electron chi connectivity index (χ2n) is 5.86. The molecular weight excluding hydrogens is 363 g/mol. The summed E-state index contributed by atoms with van der Waals surface area (Å²) in [4.78, 5) is 26.5. The topological polar surface area (TPSA) is 85.2 Å². The number of halogens is 2. The molecule has 0 aliphatic carbocycles. The van der Waals surface area contributed by atoms with Gasteiger partial charge in [0.05, 0.1) is 35.1 Å². The highest BCUT2D eigenvalue weighted by atomic mass is 35.5. The van der Waals surface area contributed by atoms with Crippen molar-refractivity contribution < 1.29 is 9.59 Å². The van der Waals surface area contributed by atoms with Crippen molar-refractivity contribution in [2.75, 3.05) is 25.0 Å². The molecule has 2 rings (SSSR count). The highest BCUT2D eigenvalue weighted by Gasteiger charge is 2.30. The molecule has 0 aromatic heterocycles. The Kier molecular flexibility index (Phi) is 7.51. The first kappa shape index (κ1) is 19.5. The molecular formula is C17H20Cl2N4O2. The molecule has 2 N–H and O–H groups in total. The zero-order chi connectivity index (χ0) is 18.2. The third-order valence-electron chi connectivity index (χ3n) is 4.01. The van der Waals surface area contributed by atoms with E-state index in [0.717, 1.165) is 12.8 Å². The Labute approximate surface area is 157 Å². The van der Waals surface area contributed by atoms with Crippen LogP contribution in [0.25, 0.3) is 0 Å². The van der Waals surface area contributed by atoms with Gasteiger partial charge in [-0.25, -0.2) is 0 Å². The van der Waals surface area contributed by atoms with Crippen molar-refractivity contribution in [3.63, 3.8) is 0 Å². The lowest BCUT2D eigenvalue weighted by atomic mass is 10.0. The summed E-state index contributed by atoms with van der Waals surface area (Å²) in [5.74, 6) is -0.340. The molecule has 1 unspecified atom stereocenters. The summed E-state index contributed by atoms with van der Waals surface area (Å²) in [7, 11) is 0. The Balaban J connectivity index is 1.96. The summed E-state index contributed by atoms with van der Waals surface area (Å²) < 4.78 is 0. The van der Waals surface area contributed by atoms with Gasteiger partial charge in [0.1, 0.15) is 0 Å². The molecule has 1 fully saturated rings. The highest BCUT2D eigenvalue weighted by molar-refractivity contribution is 6.42. The molecule has 6 nitrogen and oxygen atoms in total. The smallest absolute Gasteiger partial charge is 0.241 e. The molecule has 0 bridgehead atoms. The van der Waals surface area contributed by atoms with Crippen LogP contribution in [-0.2, 0) is 9.59 Å².